The summed E-state index contributed by atoms with van der Waals surface area (Å²) in [7, 11) is 0. The summed E-state index contributed by atoms with van der Waals surface area (Å²) >= 11 is 3.26. The highest BCUT2D eigenvalue weighted by molar-refractivity contribution is 9.10. The van der Waals surface area contributed by atoms with E-state index < -0.39 is 0 Å². The Balaban J connectivity index is 2.40. The maximum Gasteiger partial charge on any atom is 0.252 e. The zero-order valence-electron chi connectivity index (χ0n) is 8.50. The quantitative estimate of drug-likeness (QED) is 0.829. The number of rotatable bonds is 5. The molecule has 0 aliphatic carbocycles. The fourth-order valence-corrected chi connectivity index (χ4v) is 1.38. The van der Waals surface area contributed by atoms with Crippen LogP contribution in [0.3, 0.4) is 0 Å². The molecule has 0 spiro atoms. The molecule has 5 heteroatoms. The van der Waals surface area contributed by atoms with Crippen LogP contribution in [-0.2, 0) is 4.74 Å². The van der Waals surface area contributed by atoms with Gasteiger partial charge in [0.15, 0.2) is 0 Å². The third-order valence-corrected chi connectivity index (χ3v) is 2.14. The van der Waals surface area contributed by atoms with Gasteiger partial charge in [0, 0.05) is 30.0 Å². The molecule has 1 heterocycles. The van der Waals surface area contributed by atoms with Gasteiger partial charge in [-0.2, -0.15) is 0 Å². The zero-order valence-corrected chi connectivity index (χ0v) is 10.1. The molecule has 1 aromatic rings. The number of ether oxygens (including phenoxy) is 1. The van der Waals surface area contributed by atoms with E-state index in [0.717, 1.165) is 4.47 Å². The number of carbonyl (C=O) groups is 1. The van der Waals surface area contributed by atoms with E-state index in [1.807, 2.05) is 6.92 Å². The van der Waals surface area contributed by atoms with Gasteiger partial charge in [-0.1, -0.05) is 0 Å². The SMILES string of the molecule is CCOCCNC(=O)c1cncc(Br)c1. The van der Waals surface area contributed by atoms with Gasteiger partial charge in [0.2, 0.25) is 0 Å². The van der Waals surface area contributed by atoms with Gasteiger partial charge in [0.05, 0.1) is 12.2 Å². The minimum absolute atomic E-state index is 0.136. The minimum Gasteiger partial charge on any atom is -0.380 e. The second kappa shape index (κ2) is 6.53. The first-order valence-corrected chi connectivity index (χ1v) is 5.50. The van der Waals surface area contributed by atoms with Crippen molar-refractivity contribution in [3.05, 3.63) is 28.5 Å². The first-order valence-electron chi connectivity index (χ1n) is 4.70. The highest BCUT2D eigenvalue weighted by atomic mass is 79.9. The van der Waals surface area contributed by atoms with Crippen molar-refractivity contribution in [2.24, 2.45) is 0 Å². The maximum atomic E-state index is 11.5. The molecule has 0 bridgehead atoms. The van der Waals surface area contributed by atoms with Crippen molar-refractivity contribution >= 4 is 21.8 Å². The second-order valence-corrected chi connectivity index (χ2v) is 3.76. The number of aromatic nitrogens is 1. The van der Waals surface area contributed by atoms with Gasteiger partial charge in [-0.15, -0.1) is 0 Å². The lowest BCUT2D eigenvalue weighted by atomic mass is 10.3. The molecule has 0 saturated carbocycles. The summed E-state index contributed by atoms with van der Waals surface area (Å²) in [6.07, 6.45) is 3.16. The van der Waals surface area contributed by atoms with E-state index >= 15 is 0 Å². The average molecular weight is 273 g/mol. The van der Waals surface area contributed by atoms with Gasteiger partial charge >= 0.3 is 0 Å². The molecule has 0 unspecified atom stereocenters. The number of hydrogen-bond donors (Lipinski definition) is 1. The predicted octanol–water partition coefficient (Wildman–Crippen LogP) is 1.61. The van der Waals surface area contributed by atoms with Crippen LogP contribution in [0.5, 0.6) is 0 Å². The molecule has 1 rings (SSSR count). The van der Waals surface area contributed by atoms with Crippen LogP contribution < -0.4 is 5.32 Å². The molecule has 82 valence electrons. The van der Waals surface area contributed by atoms with Gasteiger partial charge in [0.25, 0.3) is 5.91 Å². The van der Waals surface area contributed by atoms with Crippen molar-refractivity contribution in [1.82, 2.24) is 10.3 Å². The second-order valence-electron chi connectivity index (χ2n) is 2.84. The average Bonchev–Trinajstić information content (AvgIpc) is 2.24. The van der Waals surface area contributed by atoms with Crippen LogP contribution in [0.2, 0.25) is 0 Å². The van der Waals surface area contributed by atoms with Crippen LogP contribution in [-0.4, -0.2) is 30.6 Å². The lowest BCUT2D eigenvalue weighted by Crippen LogP contribution is -2.27. The number of hydrogen-bond acceptors (Lipinski definition) is 3. The summed E-state index contributed by atoms with van der Waals surface area (Å²) in [4.78, 5) is 15.4. The van der Waals surface area contributed by atoms with Crippen LogP contribution in [0.1, 0.15) is 17.3 Å². The molecular formula is C10H13BrN2O2. The summed E-state index contributed by atoms with van der Waals surface area (Å²) in [6, 6.07) is 1.73. The molecule has 1 amide bonds. The monoisotopic (exact) mass is 272 g/mol. The highest BCUT2D eigenvalue weighted by Crippen LogP contribution is 2.08. The fraction of sp³-hybridized carbons (Fsp3) is 0.400. The third kappa shape index (κ3) is 4.40. The largest absolute Gasteiger partial charge is 0.380 e. The molecule has 0 atom stereocenters. The van der Waals surface area contributed by atoms with Gasteiger partial charge in [-0.25, -0.2) is 0 Å². The zero-order chi connectivity index (χ0) is 11.1. The Morgan fingerprint density at radius 2 is 2.40 bits per heavy atom. The Labute approximate surface area is 97.2 Å². The summed E-state index contributed by atoms with van der Waals surface area (Å²) < 4.78 is 5.90. The molecule has 0 aliphatic heterocycles. The fourth-order valence-electron chi connectivity index (χ4n) is 1.02. The van der Waals surface area contributed by atoms with E-state index in [1.54, 1.807) is 12.3 Å². The normalized spacial score (nSPS) is 10.0. The van der Waals surface area contributed by atoms with Crippen molar-refractivity contribution in [1.29, 1.82) is 0 Å². The molecule has 4 nitrogen and oxygen atoms in total. The van der Waals surface area contributed by atoms with Crippen molar-refractivity contribution in [3.63, 3.8) is 0 Å². The van der Waals surface area contributed by atoms with Crippen LogP contribution >= 0.6 is 15.9 Å². The van der Waals surface area contributed by atoms with E-state index in [4.69, 9.17) is 4.74 Å². The van der Waals surface area contributed by atoms with Crippen LogP contribution in [0.15, 0.2) is 22.9 Å². The number of nitrogens with zero attached hydrogens (tertiary/aromatic N) is 1. The Bertz CT molecular complexity index is 331. The lowest BCUT2D eigenvalue weighted by molar-refractivity contribution is 0.0922. The molecule has 1 aromatic heterocycles. The molecular weight excluding hydrogens is 260 g/mol. The van der Waals surface area contributed by atoms with E-state index in [-0.39, 0.29) is 5.91 Å². The highest BCUT2D eigenvalue weighted by Gasteiger charge is 2.04. The summed E-state index contributed by atoms with van der Waals surface area (Å²) in [5.41, 5.74) is 0.542. The van der Waals surface area contributed by atoms with Crippen LogP contribution in [0.25, 0.3) is 0 Å². The molecule has 0 fully saturated rings. The number of amides is 1. The van der Waals surface area contributed by atoms with Gasteiger partial charge < -0.3 is 10.1 Å². The Morgan fingerprint density at radius 3 is 3.07 bits per heavy atom. The predicted molar refractivity (Wildman–Crippen MR) is 60.8 cm³/mol. The molecule has 0 radical (unpaired) electrons. The Morgan fingerprint density at radius 1 is 1.60 bits per heavy atom. The minimum atomic E-state index is -0.136. The first kappa shape index (κ1) is 12.1. The van der Waals surface area contributed by atoms with Crippen molar-refractivity contribution in [2.45, 2.75) is 6.92 Å². The lowest BCUT2D eigenvalue weighted by Gasteiger charge is -2.04. The van der Waals surface area contributed by atoms with Crippen molar-refractivity contribution < 1.29 is 9.53 Å². The topological polar surface area (TPSA) is 51.2 Å². The Kier molecular flexibility index (Phi) is 5.28. The molecule has 15 heavy (non-hydrogen) atoms. The van der Waals surface area contributed by atoms with Crippen molar-refractivity contribution in [3.8, 4) is 0 Å². The van der Waals surface area contributed by atoms with Crippen molar-refractivity contribution in [2.75, 3.05) is 19.8 Å². The first-order chi connectivity index (χ1) is 7.24. The maximum absolute atomic E-state index is 11.5. The number of pyridine rings is 1. The van der Waals surface area contributed by atoms with Gasteiger partial charge in [-0.3, -0.25) is 9.78 Å². The number of nitrogens with one attached hydrogen (secondary N) is 1. The standard InChI is InChI=1S/C10H13BrN2O2/c1-2-15-4-3-13-10(14)8-5-9(11)7-12-6-8/h5-7H,2-4H2,1H3,(H,13,14). The molecule has 1 N–H and O–H groups in total. The number of halogens is 1. The van der Waals surface area contributed by atoms with Gasteiger partial charge in [0.1, 0.15) is 0 Å². The molecule has 0 saturated heterocycles. The Hall–Kier alpha value is -0.940. The third-order valence-electron chi connectivity index (χ3n) is 1.70. The van der Waals surface area contributed by atoms with E-state index in [2.05, 4.69) is 26.2 Å². The molecule has 0 aromatic carbocycles. The van der Waals surface area contributed by atoms with E-state index in [1.165, 1.54) is 6.20 Å². The molecule has 0 aliphatic rings. The van der Waals surface area contributed by atoms with Gasteiger partial charge in [-0.05, 0) is 28.9 Å². The summed E-state index contributed by atoms with van der Waals surface area (Å²) in [5, 5.41) is 2.74. The van der Waals surface area contributed by atoms with Crippen LogP contribution in [0.4, 0.5) is 0 Å². The van der Waals surface area contributed by atoms with E-state index in [9.17, 15) is 4.79 Å². The van der Waals surface area contributed by atoms with E-state index in [0.29, 0.717) is 25.3 Å². The summed E-state index contributed by atoms with van der Waals surface area (Å²) in [6.45, 7) is 3.62. The summed E-state index contributed by atoms with van der Waals surface area (Å²) in [5.74, 6) is -0.136. The van der Waals surface area contributed by atoms with Crippen LogP contribution in [0, 0.1) is 0 Å². The number of carbonyl (C=O) groups excluding carboxylic acids is 1. The smallest absolute Gasteiger partial charge is 0.252 e.